The van der Waals surface area contributed by atoms with Gasteiger partial charge in [-0.2, -0.15) is 0 Å². The molecule has 2 heterocycles. The highest BCUT2D eigenvalue weighted by Gasteiger charge is 2.23. The predicted molar refractivity (Wildman–Crippen MR) is 95.1 cm³/mol. The Labute approximate surface area is 141 Å². The highest BCUT2D eigenvalue weighted by atomic mass is 32.2. The van der Waals surface area contributed by atoms with Crippen LogP contribution in [0.5, 0.6) is 0 Å². The molecule has 1 aliphatic heterocycles. The third-order valence-electron chi connectivity index (χ3n) is 4.34. The highest BCUT2D eigenvalue weighted by molar-refractivity contribution is 7.98. The van der Waals surface area contributed by atoms with Crippen LogP contribution in [0.25, 0.3) is 0 Å². The summed E-state index contributed by atoms with van der Waals surface area (Å²) in [5.41, 5.74) is 2.25. The lowest BCUT2D eigenvalue weighted by Crippen LogP contribution is -2.34. The number of nitrogens with one attached hydrogen (secondary N) is 1. The van der Waals surface area contributed by atoms with E-state index in [0.717, 1.165) is 38.2 Å². The molecule has 122 valence electrons. The summed E-state index contributed by atoms with van der Waals surface area (Å²) in [4.78, 5) is 22.7. The van der Waals surface area contributed by atoms with E-state index in [4.69, 9.17) is 0 Å². The standard InChI is InChI=1S/C18H23N3OS/c1-13-19-17(10-18(22)20-13)15-6-4-8-21(12-15)11-14-5-3-7-16(9-14)23-2/h3,5,7,9-10,15H,4,6,8,11-12H2,1-2H3,(H,19,20,22)/t15-/m1/s1. The van der Waals surface area contributed by atoms with Crippen LogP contribution < -0.4 is 5.56 Å². The van der Waals surface area contributed by atoms with Gasteiger partial charge in [0.1, 0.15) is 5.82 Å². The maximum Gasteiger partial charge on any atom is 0.251 e. The Hall–Kier alpha value is -1.59. The summed E-state index contributed by atoms with van der Waals surface area (Å²) in [6.07, 6.45) is 4.37. The van der Waals surface area contributed by atoms with E-state index in [2.05, 4.69) is 45.4 Å². The number of hydrogen-bond donors (Lipinski definition) is 1. The van der Waals surface area contributed by atoms with Crippen LogP contribution in [0, 0.1) is 6.92 Å². The van der Waals surface area contributed by atoms with Gasteiger partial charge in [0.25, 0.3) is 5.56 Å². The molecule has 1 aromatic carbocycles. The first-order valence-corrected chi connectivity index (χ1v) is 9.29. The van der Waals surface area contributed by atoms with Gasteiger partial charge >= 0.3 is 0 Å². The van der Waals surface area contributed by atoms with Crippen molar-refractivity contribution >= 4 is 11.8 Å². The van der Waals surface area contributed by atoms with Gasteiger partial charge in [0.15, 0.2) is 0 Å². The lowest BCUT2D eigenvalue weighted by Gasteiger charge is -2.32. The van der Waals surface area contributed by atoms with E-state index in [-0.39, 0.29) is 5.56 Å². The van der Waals surface area contributed by atoms with Crippen molar-refractivity contribution in [1.82, 2.24) is 14.9 Å². The average molecular weight is 329 g/mol. The van der Waals surface area contributed by atoms with Gasteiger partial charge in [0.2, 0.25) is 0 Å². The molecule has 1 aliphatic rings. The summed E-state index contributed by atoms with van der Waals surface area (Å²) in [5.74, 6) is 1.06. The normalized spacial score (nSPS) is 19.0. The Morgan fingerprint density at radius 3 is 3.04 bits per heavy atom. The number of nitrogens with zero attached hydrogens (tertiary/aromatic N) is 2. The van der Waals surface area contributed by atoms with Gasteiger partial charge in [-0.1, -0.05) is 12.1 Å². The maximum atomic E-state index is 11.7. The van der Waals surface area contributed by atoms with Crippen LogP contribution in [0.4, 0.5) is 0 Å². The second-order valence-corrected chi connectivity index (χ2v) is 7.06. The largest absolute Gasteiger partial charge is 0.311 e. The van der Waals surface area contributed by atoms with Crippen molar-refractivity contribution in [2.75, 3.05) is 19.3 Å². The van der Waals surface area contributed by atoms with E-state index < -0.39 is 0 Å². The average Bonchev–Trinajstić information content (AvgIpc) is 2.54. The molecule has 2 aromatic rings. The van der Waals surface area contributed by atoms with Crippen molar-refractivity contribution in [2.24, 2.45) is 0 Å². The number of rotatable bonds is 4. The van der Waals surface area contributed by atoms with Gasteiger partial charge in [-0.05, 0) is 50.3 Å². The number of hydrogen-bond acceptors (Lipinski definition) is 4. The van der Waals surface area contributed by atoms with Crippen molar-refractivity contribution in [3.8, 4) is 0 Å². The van der Waals surface area contributed by atoms with E-state index >= 15 is 0 Å². The molecule has 23 heavy (non-hydrogen) atoms. The molecule has 1 N–H and O–H groups in total. The number of likely N-dealkylation sites (tertiary alicyclic amines) is 1. The molecule has 0 aliphatic carbocycles. The fraction of sp³-hybridized carbons (Fsp3) is 0.444. The summed E-state index contributed by atoms with van der Waals surface area (Å²) in [7, 11) is 0. The van der Waals surface area contributed by atoms with Crippen LogP contribution in [0.2, 0.25) is 0 Å². The van der Waals surface area contributed by atoms with E-state index in [1.165, 1.54) is 10.5 Å². The van der Waals surface area contributed by atoms with Crippen LogP contribution >= 0.6 is 11.8 Å². The van der Waals surface area contributed by atoms with Crippen molar-refractivity contribution in [1.29, 1.82) is 0 Å². The van der Waals surface area contributed by atoms with Gasteiger partial charge in [-0.15, -0.1) is 11.8 Å². The highest BCUT2D eigenvalue weighted by Crippen LogP contribution is 2.26. The first-order chi connectivity index (χ1) is 11.1. The second kappa shape index (κ2) is 7.32. The SMILES string of the molecule is CSc1cccc(CN2CCC[C@@H](c3cc(=O)[nH]c(C)n3)C2)c1. The molecular formula is C18H23N3OS. The molecule has 1 aromatic heterocycles. The number of piperidine rings is 1. The monoisotopic (exact) mass is 329 g/mol. The fourth-order valence-corrected chi connectivity index (χ4v) is 3.77. The first-order valence-electron chi connectivity index (χ1n) is 8.07. The molecule has 3 rings (SSSR count). The quantitative estimate of drug-likeness (QED) is 0.875. The predicted octanol–water partition coefficient (Wildman–Crippen LogP) is 3.18. The van der Waals surface area contributed by atoms with Crippen molar-refractivity contribution < 1.29 is 0 Å². The molecule has 1 atom stereocenters. The van der Waals surface area contributed by atoms with Crippen molar-refractivity contribution in [2.45, 2.75) is 37.1 Å². The van der Waals surface area contributed by atoms with E-state index in [0.29, 0.717) is 11.7 Å². The Bertz CT molecular complexity index is 728. The lowest BCUT2D eigenvalue weighted by molar-refractivity contribution is 0.198. The summed E-state index contributed by atoms with van der Waals surface area (Å²) in [6, 6.07) is 10.4. The number of H-pyrrole nitrogens is 1. The third kappa shape index (κ3) is 4.24. The second-order valence-electron chi connectivity index (χ2n) is 6.18. The van der Waals surface area contributed by atoms with E-state index in [1.54, 1.807) is 17.8 Å². The Morgan fingerprint density at radius 1 is 1.39 bits per heavy atom. The minimum atomic E-state index is -0.0442. The lowest BCUT2D eigenvalue weighted by atomic mass is 9.94. The molecule has 0 radical (unpaired) electrons. The van der Waals surface area contributed by atoms with Gasteiger partial charge in [0.05, 0.1) is 5.69 Å². The number of benzene rings is 1. The van der Waals surface area contributed by atoms with Gasteiger partial charge < -0.3 is 4.98 Å². The van der Waals surface area contributed by atoms with Crippen LogP contribution in [-0.2, 0) is 6.54 Å². The number of aromatic amines is 1. The molecule has 0 bridgehead atoms. The molecule has 0 amide bonds. The number of aromatic nitrogens is 2. The maximum absolute atomic E-state index is 11.7. The van der Waals surface area contributed by atoms with Gasteiger partial charge in [-0.3, -0.25) is 9.69 Å². The van der Waals surface area contributed by atoms with E-state index in [1.807, 2.05) is 6.92 Å². The minimum absolute atomic E-state index is 0.0442. The van der Waals surface area contributed by atoms with Crippen molar-refractivity contribution in [3.63, 3.8) is 0 Å². The minimum Gasteiger partial charge on any atom is -0.311 e. The zero-order chi connectivity index (χ0) is 16.2. The molecule has 0 spiro atoms. The summed E-state index contributed by atoms with van der Waals surface area (Å²) < 4.78 is 0. The van der Waals surface area contributed by atoms with E-state index in [9.17, 15) is 4.79 Å². The third-order valence-corrected chi connectivity index (χ3v) is 5.07. The number of aryl methyl sites for hydroxylation is 1. The first kappa shape index (κ1) is 16.3. The topological polar surface area (TPSA) is 49.0 Å². The molecule has 1 saturated heterocycles. The van der Waals surface area contributed by atoms with Crippen molar-refractivity contribution in [3.05, 3.63) is 57.8 Å². The molecule has 0 unspecified atom stereocenters. The van der Waals surface area contributed by atoms with Crippen LogP contribution in [0.3, 0.4) is 0 Å². The Balaban J connectivity index is 1.71. The summed E-state index contributed by atoms with van der Waals surface area (Å²) in [5, 5.41) is 0. The van der Waals surface area contributed by atoms with Gasteiger partial charge in [-0.25, -0.2) is 4.98 Å². The Morgan fingerprint density at radius 2 is 2.26 bits per heavy atom. The zero-order valence-corrected chi connectivity index (χ0v) is 14.5. The zero-order valence-electron chi connectivity index (χ0n) is 13.7. The fourth-order valence-electron chi connectivity index (χ4n) is 3.28. The van der Waals surface area contributed by atoms with Gasteiger partial charge in [0, 0.05) is 30.0 Å². The summed E-state index contributed by atoms with van der Waals surface area (Å²) >= 11 is 1.78. The smallest absolute Gasteiger partial charge is 0.251 e. The van der Waals surface area contributed by atoms with Crippen LogP contribution in [0.1, 0.15) is 35.8 Å². The number of thioether (sulfide) groups is 1. The Kier molecular flexibility index (Phi) is 5.18. The molecule has 1 fully saturated rings. The summed E-state index contributed by atoms with van der Waals surface area (Å²) in [6.45, 7) is 4.90. The van der Waals surface area contributed by atoms with Crippen LogP contribution in [-0.4, -0.2) is 34.2 Å². The van der Waals surface area contributed by atoms with Crippen LogP contribution in [0.15, 0.2) is 40.0 Å². The molecule has 5 heteroatoms. The molecular weight excluding hydrogens is 306 g/mol. The molecule has 0 saturated carbocycles. The molecule has 4 nitrogen and oxygen atoms in total.